The largest absolute Gasteiger partial charge is 0.390 e. The van der Waals surface area contributed by atoms with Crippen LogP contribution in [0.3, 0.4) is 0 Å². The second kappa shape index (κ2) is 8.24. The highest BCUT2D eigenvalue weighted by Gasteiger charge is 2.60. The monoisotopic (exact) mass is 414 g/mol. The highest BCUT2D eigenvalue weighted by atomic mass is 16.3. The summed E-state index contributed by atoms with van der Waals surface area (Å²) in [6.45, 7) is 14.5. The van der Waals surface area contributed by atoms with Crippen molar-refractivity contribution in [2.24, 2.45) is 46.3 Å². The van der Waals surface area contributed by atoms with E-state index >= 15 is 0 Å². The van der Waals surface area contributed by atoms with Gasteiger partial charge in [-0.05, 0) is 111 Å². The Hall–Kier alpha value is -0.300. The molecule has 4 aliphatic carbocycles. The first-order chi connectivity index (χ1) is 14.1. The molecule has 3 fully saturated rings. The van der Waals surface area contributed by atoms with Crippen LogP contribution < -0.4 is 0 Å². The molecule has 0 saturated heterocycles. The van der Waals surface area contributed by atoms with Gasteiger partial charge in [-0.25, -0.2) is 0 Å². The zero-order valence-electron chi connectivity index (χ0n) is 21.0. The van der Waals surface area contributed by atoms with Crippen LogP contribution in [0.25, 0.3) is 0 Å². The van der Waals surface area contributed by atoms with Gasteiger partial charge in [0.15, 0.2) is 0 Å². The molecule has 0 radical (unpaired) electrons. The van der Waals surface area contributed by atoms with Gasteiger partial charge in [-0.3, -0.25) is 0 Å². The lowest BCUT2D eigenvalue weighted by Gasteiger charge is -2.60. The van der Waals surface area contributed by atoms with Crippen molar-refractivity contribution in [2.45, 2.75) is 124 Å². The molecule has 0 spiro atoms. The average molecular weight is 415 g/mol. The lowest BCUT2D eigenvalue weighted by Crippen LogP contribution is -2.52. The van der Waals surface area contributed by atoms with E-state index in [4.69, 9.17) is 0 Å². The van der Waals surface area contributed by atoms with Crippen LogP contribution >= 0.6 is 0 Å². The van der Waals surface area contributed by atoms with E-state index in [0.29, 0.717) is 10.8 Å². The van der Waals surface area contributed by atoms with Gasteiger partial charge in [0.05, 0.1) is 5.60 Å². The van der Waals surface area contributed by atoms with Gasteiger partial charge < -0.3 is 5.11 Å². The van der Waals surface area contributed by atoms with Gasteiger partial charge >= 0.3 is 0 Å². The summed E-state index contributed by atoms with van der Waals surface area (Å²) in [6, 6.07) is 0. The molecule has 0 heterocycles. The molecule has 0 aliphatic heterocycles. The first-order valence-electron chi connectivity index (χ1n) is 13.5. The number of hydrogen-bond acceptors (Lipinski definition) is 1. The molecule has 4 aliphatic rings. The zero-order valence-corrected chi connectivity index (χ0v) is 21.0. The minimum Gasteiger partial charge on any atom is -0.390 e. The molecule has 1 N–H and O–H groups in total. The summed E-state index contributed by atoms with van der Waals surface area (Å²) in [7, 11) is 0. The summed E-state index contributed by atoms with van der Waals surface area (Å²) >= 11 is 0. The highest BCUT2D eigenvalue weighted by Crippen LogP contribution is 2.68. The van der Waals surface area contributed by atoms with Gasteiger partial charge in [-0.1, -0.05) is 65.5 Å². The fraction of sp³-hybridized carbons (Fsp3) is 0.931. The van der Waals surface area contributed by atoms with Crippen LogP contribution in [-0.2, 0) is 0 Å². The third-order valence-corrected chi connectivity index (χ3v) is 10.9. The summed E-state index contributed by atoms with van der Waals surface area (Å²) in [5.74, 6) is 5.45. The van der Waals surface area contributed by atoms with Crippen LogP contribution in [0.5, 0.6) is 0 Å². The Morgan fingerprint density at radius 3 is 2.47 bits per heavy atom. The zero-order chi connectivity index (χ0) is 21.7. The Morgan fingerprint density at radius 2 is 1.77 bits per heavy atom. The first-order valence-corrected chi connectivity index (χ1v) is 13.5. The van der Waals surface area contributed by atoms with Gasteiger partial charge in [0.25, 0.3) is 0 Å². The first kappa shape index (κ1) is 22.9. The third-order valence-electron chi connectivity index (χ3n) is 10.9. The molecule has 0 aromatic rings. The second-order valence-electron chi connectivity index (χ2n) is 13.0. The molecule has 1 heteroatoms. The third kappa shape index (κ3) is 3.74. The minimum atomic E-state index is -0.468. The molecule has 3 saturated carbocycles. The van der Waals surface area contributed by atoms with Gasteiger partial charge in [0.2, 0.25) is 0 Å². The van der Waals surface area contributed by atoms with Crippen LogP contribution in [0.15, 0.2) is 11.6 Å². The Morgan fingerprint density at radius 1 is 1.00 bits per heavy atom. The fourth-order valence-corrected chi connectivity index (χ4v) is 9.26. The van der Waals surface area contributed by atoms with E-state index in [1.807, 2.05) is 0 Å². The van der Waals surface area contributed by atoms with Gasteiger partial charge in [-0.2, -0.15) is 0 Å². The van der Waals surface area contributed by atoms with Crippen LogP contribution in [0.4, 0.5) is 0 Å². The van der Waals surface area contributed by atoms with Crippen LogP contribution in [0.1, 0.15) is 119 Å². The molecule has 0 aromatic heterocycles. The van der Waals surface area contributed by atoms with Gasteiger partial charge in [0.1, 0.15) is 0 Å². The maximum atomic E-state index is 10.7. The van der Waals surface area contributed by atoms with Crippen molar-refractivity contribution < 1.29 is 5.11 Å². The second-order valence-corrected chi connectivity index (χ2v) is 13.0. The molecule has 8 atom stereocenters. The maximum Gasteiger partial charge on any atom is 0.0657 e. The Labute approximate surface area is 187 Å². The molecule has 30 heavy (non-hydrogen) atoms. The van der Waals surface area contributed by atoms with Crippen LogP contribution in [0.2, 0.25) is 0 Å². The van der Waals surface area contributed by atoms with E-state index in [2.05, 4.69) is 47.6 Å². The van der Waals surface area contributed by atoms with E-state index in [-0.39, 0.29) is 0 Å². The molecule has 172 valence electrons. The van der Waals surface area contributed by atoms with E-state index in [1.54, 1.807) is 5.57 Å². The predicted octanol–water partition coefficient (Wildman–Crippen LogP) is 8.17. The molecule has 0 amide bonds. The summed E-state index contributed by atoms with van der Waals surface area (Å²) in [6.07, 6.45) is 18.6. The Bertz CT molecular complexity index is 645. The van der Waals surface area contributed by atoms with Crippen LogP contribution in [0, 0.1) is 46.3 Å². The molecule has 1 nitrogen and oxygen atoms in total. The Kier molecular flexibility index (Phi) is 6.28. The molecule has 6 unspecified atom stereocenters. The number of aliphatic hydroxyl groups is 1. The number of allylic oxidation sites excluding steroid dienone is 1. The average Bonchev–Trinajstić information content (AvgIpc) is 3.08. The molecular formula is C29H50O. The molecule has 4 rings (SSSR count). The van der Waals surface area contributed by atoms with E-state index in [1.165, 1.54) is 64.2 Å². The van der Waals surface area contributed by atoms with Gasteiger partial charge in [-0.15, -0.1) is 0 Å². The highest BCUT2D eigenvalue weighted by molar-refractivity contribution is 5.27. The summed E-state index contributed by atoms with van der Waals surface area (Å²) in [4.78, 5) is 0. The fourth-order valence-electron chi connectivity index (χ4n) is 9.26. The maximum absolute atomic E-state index is 10.7. The SMILES string of the molecule is CCC12CCC3C(CC=C4C[C@@](C)(O)CCC43C)C1CCC2[C@H](C)CCCC(C)C. The Balaban J connectivity index is 1.53. The summed E-state index contributed by atoms with van der Waals surface area (Å²) < 4.78 is 0. The summed E-state index contributed by atoms with van der Waals surface area (Å²) in [5, 5.41) is 10.7. The predicted molar refractivity (Wildman–Crippen MR) is 128 cm³/mol. The normalized spacial score (nSPS) is 46.7. The van der Waals surface area contributed by atoms with Crippen molar-refractivity contribution >= 4 is 0 Å². The van der Waals surface area contributed by atoms with E-state index in [0.717, 1.165) is 48.3 Å². The van der Waals surface area contributed by atoms with Gasteiger partial charge in [0, 0.05) is 0 Å². The molecule has 0 bridgehead atoms. The van der Waals surface area contributed by atoms with Crippen molar-refractivity contribution in [1.82, 2.24) is 0 Å². The quantitative estimate of drug-likeness (QED) is 0.434. The van der Waals surface area contributed by atoms with Crippen molar-refractivity contribution in [3.8, 4) is 0 Å². The van der Waals surface area contributed by atoms with Crippen LogP contribution in [-0.4, -0.2) is 10.7 Å². The molecule has 0 aromatic carbocycles. The van der Waals surface area contributed by atoms with E-state index in [9.17, 15) is 5.11 Å². The standard InChI is InChI=1S/C29H50O/c1-7-29-16-15-25-23(12-11-22-19-27(5,30)17-18-28(22,25)6)26(29)14-13-24(29)21(4)10-8-9-20(2)3/h11,20-21,23-26,30H,7-10,12-19H2,1-6H3/t21-,23?,24?,25?,26?,27+,28?,29?/m1/s1. The number of fused-ring (bicyclic) bond motifs is 5. The minimum absolute atomic E-state index is 0.367. The lowest BCUT2D eigenvalue weighted by atomic mass is 9.45. The smallest absolute Gasteiger partial charge is 0.0657 e. The van der Waals surface area contributed by atoms with Crippen molar-refractivity contribution in [1.29, 1.82) is 0 Å². The number of rotatable bonds is 6. The lowest BCUT2D eigenvalue weighted by molar-refractivity contribution is -0.0789. The molecular weight excluding hydrogens is 364 g/mol. The van der Waals surface area contributed by atoms with Crippen molar-refractivity contribution in [3.05, 3.63) is 11.6 Å². The topological polar surface area (TPSA) is 20.2 Å². The van der Waals surface area contributed by atoms with Crippen molar-refractivity contribution in [2.75, 3.05) is 0 Å². The summed E-state index contributed by atoms with van der Waals surface area (Å²) in [5.41, 5.74) is 2.14. The van der Waals surface area contributed by atoms with E-state index < -0.39 is 5.60 Å². The van der Waals surface area contributed by atoms with Crippen molar-refractivity contribution in [3.63, 3.8) is 0 Å². The number of hydrogen-bond donors (Lipinski definition) is 1.